The topological polar surface area (TPSA) is 83.6 Å². The number of carbonyl (C=O) groups excluding carboxylic acids is 1. The molecule has 0 saturated carbocycles. The Balaban J connectivity index is 2.08. The number of aromatic amines is 1. The van der Waals surface area contributed by atoms with Crippen molar-refractivity contribution < 1.29 is 4.79 Å². The number of aromatic nitrogens is 4. The fourth-order valence-electron chi connectivity index (χ4n) is 0.781. The normalized spacial score (nSPS) is 9.85. The summed E-state index contributed by atoms with van der Waals surface area (Å²) in [5.41, 5.74) is 0.480. The predicted octanol–water partition coefficient (Wildman–Crippen LogP) is 0.513. The van der Waals surface area contributed by atoms with Crippen molar-refractivity contribution in [2.75, 3.05) is 5.32 Å². The van der Waals surface area contributed by atoms with Gasteiger partial charge in [0.2, 0.25) is 0 Å². The quantitative estimate of drug-likeness (QED) is 0.731. The molecular formula is C6H5N5OS. The first-order valence-corrected chi connectivity index (χ1v) is 4.21. The molecular weight excluding hydrogens is 190 g/mol. The van der Waals surface area contributed by atoms with Crippen LogP contribution in [0.5, 0.6) is 0 Å². The van der Waals surface area contributed by atoms with Crippen LogP contribution in [0.3, 0.4) is 0 Å². The molecule has 1 amide bonds. The van der Waals surface area contributed by atoms with E-state index < -0.39 is 0 Å². The lowest BCUT2D eigenvalue weighted by Gasteiger charge is -1.95. The van der Waals surface area contributed by atoms with Gasteiger partial charge in [0.1, 0.15) is 5.00 Å². The lowest BCUT2D eigenvalue weighted by Crippen LogP contribution is -2.09. The van der Waals surface area contributed by atoms with E-state index in [4.69, 9.17) is 0 Å². The first-order chi connectivity index (χ1) is 6.36. The van der Waals surface area contributed by atoms with Crippen LogP contribution in [0.15, 0.2) is 18.6 Å². The maximum absolute atomic E-state index is 11.4. The third-order valence-corrected chi connectivity index (χ3v) is 1.94. The van der Waals surface area contributed by atoms with Gasteiger partial charge < -0.3 is 5.32 Å². The molecule has 2 aromatic heterocycles. The van der Waals surface area contributed by atoms with Crippen LogP contribution in [0.1, 0.15) is 10.4 Å². The van der Waals surface area contributed by atoms with Crippen LogP contribution in [0.2, 0.25) is 0 Å². The van der Waals surface area contributed by atoms with Gasteiger partial charge in [0.05, 0.1) is 18.0 Å². The Morgan fingerprint density at radius 3 is 3.08 bits per heavy atom. The largest absolute Gasteiger partial charge is 0.311 e. The highest BCUT2D eigenvalue weighted by atomic mass is 32.1. The molecule has 0 fully saturated rings. The number of rotatable bonds is 2. The molecule has 7 heteroatoms. The second kappa shape index (κ2) is 3.31. The van der Waals surface area contributed by atoms with Gasteiger partial charge in [-0.25, -0.2) is 0 Å². The van der Waals surface area contributed by atoms with Crippen LogP contribution in [-0.4, -0.2) is 25.7 Å². The van der Waals surface area contributed by atoms with Crippen LogP contribution in [0.25, 0.3) is 0 Å². The van der Waals surface area contributed by atoms with Crippen molar-refractivity contribution in [2.45, 2.75) is 0 Å². The van der Waals surface area contributed by atoms with Crippen LogP contribution in [-0.2, 0) is 0 Å². The van der Waals surface area contributed by atoms with E-state index in [1.807, 2.05) is 0 Å². The number of carbonyl (C=O) groups is 1. The van der Waals surface area contributed by atoms with E-state index in [0.717, 1.165) is 11.5 Å². The van der Waals surface area contributed by atoms with Crippen molar-refractivity contribution in [3.63, 3.8) is 0 Å². The Morgan fingerprint density at radius 1 is 1.54 bits per heavy atom. The lowest BCUT2D eigenvalue weighted by atomic mass is 10.3. The first-order valence-electron chi connectivity index (χ1n) is 3.44. The fourth-order valence-corrected chi connectivity index (χ4v) is 1.20. The summed E-state index contributed by atoms with van der Waals surface area (Å²) in [7, 11) is 0. The second-order valence-corrected chi connectivity index (χ2v) is 3.01. The van der Waals surface area contributed by atoms with Crippen molar-refractivity contribution in [3.05, 3.63) is 24.2 Å². The van der Waals surface area contributed by atoms with E-state index in [1.165, 1.54) is 18.6 Å². The minimum absolute atomic E-state index is 0.222. The Morgan fingerprint density at radius 2 is 2.46 bits per heavy atom. The zero-order chi connectivity index (χ0) is 9.10. The van der Waals surface area contributed by atoms with Gasteiger partial charge in [0.15, 0.2) is 0 Å². The Kier molecular flexibility index (Phi) is 2.01. The minimum Gasteiger partial charge on any atom is -0.311 e. The molecule has 6 nitrogen and oxygen atoms in total. The van der Waals surface area contributed by atoms with E-state index >= 15 is 0 Å². The molecule has 2 aromatic rings. The van der Waals surface area contributed by atoms with Gasteiger partial charge in [-0.05, 0) is 0 Å². The molecule has 0 spiro atoms. The molecule has 0 aromatic carbocycles. The predicted molar refractivity (Wildman–Crippen MR) is 46.4 cm³/mol. The average Bonchev–Trinajstić information content (AvgIpc) is 2.74. The summed E-state index contributed by atoms with van der Waals surface area (Å²) in [5, 5.41) is 13.0. The van der Waals surface area contributed by atoms with E-state index in [0.29, 0.717) is 10.6 Å². The van der Waals surface area contributed by atoms with Gasteiger partial charge in [-0.1, -0.05) is 4.49 Å². The highest BCUT2D eigenvalue weighted by Gasteiger charge is 2.07. The van der Waals surface area contributed by atoms with Gasteiger partial charge in [-0.2, -0.15) is 5.10 Å². The number of hydrogen-bond acceptors (Lipinski definition) is 5. The second-order valence-electron chi connectivity index (χ2n) is 2.22. The summed E-state index contributed by atoms with van der Waals surface area (Å²) >= 11 is 1.12. The first kappa shape index (κ1) is 7.87. The smallest absolute Gasteiger partial charge is 0.259 e. The molecule has 0 atom stereocenters. The van der Waals surface area contributed by atoms with E-state index in [9.17, 15) is 4.79 Å². The maximum atomic E-state index is 11.4. The molecule has 13 heavy (non-hydrogen) atoms. The number of anilines is 1. The summed E-state index contributed by atoms with van der Waals surface area (Å²) in [5.74, 6) is -0.222. The molecule has 0 unspecified atom stereocenters. The summed E-state index contributed by atoms with van der Waals surface area (Å²) in [4.78, 5) is 11.4. The summed E-state index contributed by atoms with van der Waals surface area (Å²) in [6.45, 7) is 0. The van der Waals surface area contributed by atoms with Gasteiger partial charge in [-0.3, -0.25) is 9.89 Å². The van der Waals surface area contributed by atoms with Crippen molar-refractivity contribution in [1.82, 2.24) is 19.8 Å². The molecule has 2 N–H and O–H groups in total. The number of nitrogens with one attached hydrogen (secondary N) is 2. The Labute approximate surface area is 77.2 Å². The maximum Gasteiger partial charge on any atom is 0.259 e. The highest BCUT2D eigenvalue weighted by molar-refractivity contribution is 7.10. The van der Waals surface area contributed by atoms with Crippen molar-refractivity contribution >= 4 is 22.4 Å². The molecule has 0 aliphatic heterocycles. The van der Waals surface area contributed by atoms with Gasteiger partial charge >= 0.3 is 0 Å². The number of hydrogen-bond donors (Lipinski definition) is 2. The molecule has 0 radical (unpaired) electrons. The zero-order valence-corrected chi connectivity index (χ0v) is 7.21. The van der Waals surface area contributed by atoms with E-state index in [-0.39, 0.29) is 5.91 Å². The molecule has 0 saturated heterocycles. The van der Waals surface area contributed by atoms with Gasteiger partial charge in [0.25, 0.3) is 5.91 Å². The minimum atomic E-state index is -0.222. The van der Waals surface area contributed by atoms with E-state index in [1.54, 1.807) is 0 Å². The van der Waals surface area contributed by atoms with Gasteiger partial charge in [-0.15, -0.1) is 5.10 Å². The number of amides is 1. The average molecular weight is 195 g/mol. The Hall–Kier alpha value is -1.76. The number of H-pyrrole nitrogens is 1. The zero-order valence-electron chi connectivity index (χ0n) is 6.39. The third-order valence-electron chi connectivity index (χ3n) is 1.36. The molecule has 66 valence electrons. The summed E-state index contributed by atoms with van der Waals surface area (Å²) in [6, 6.07) is 0. The lowest BCUT2D eigenvalue weighted by molar-refractivity contribution is 0.102. The van der Waals surface area contributed by atoms with Crippen LogP contribution in [0, 0.1) is 0 Å². The van der Waals surface area contributed by atoms with Crippen LogP contribution in [0.4, 0.5) is 5.00 Å². The molecule has 2 heterocycles. The fraction of sp³-hybridized carbons (Fsp3) is 0. The third kappa shape index (κ3) is 1.70. The number of nitrogens with zero attached hydrogens (tertiary/aromatic N) is 3. The molecule has 0 aliphatic rings. The molecule has 0 bridgehead atoms. The van der Waals surface area contributed by atoms with Crippen LogP contribution < -0.4 is 5.32 Å². The van der Waals surface area contributed by atoms with Crippen molar-refractivity contribution in [3.8, 4) is 0 Å². The van der Waals surface area contributed by atoms with E-state index in [2.05, 4.69) is 25.1 Å². The van der Waals surface area contributed by atoms with Crippen molar-refractivity contribution in [1.29, 1.82) is 0 Å². The van der Waals surface area contributed by atoms with Crippen molar-refractivity contribution in [2.24, 2.45) is 0 Å². The standard InChI is InChI=1S/C6H5N5OS/c12-6(4-1-7-8-2-4)10-5-3-9-11-13-5/h1-3H,(H,7,8)(H,10,12). The summed E-state index contributed by atoms with van der Waals surface area (Å²) < 4.78 is 3.61. The molecule has 2 rings (SSSR count). The van der Waals surface area contributed by atoms with Gasteiger partial charge in [0, 0.05) is 17.7 Å². The van der Waals surface area contributed by atoms with Crippen LogP contribution >= 0.6 is 11.5 Å². The monoisotopic (exact) mass is 195 g/mol. The Bertz CT molecular complexity index is 381. The highest BCUT2D eigenvalue weighted by Crippen LogP contribution is 2.10. The summed E-state index contributed by atoms with van der Waals surface area (Å²) in [6.07, 6.45) is 4.45. The molecule has 0 aliphatic carbocycles. The SMILES string of the molecule is O=C(Nc1cnns1)c1cn[nH]c1.